The number of halogens is 1. The Labute approximate surface area is 114 Å². The number of aromatic nitrogens is 2. The number of rotatable bonds is 3. The summed E-state index contributed by atoms with van der Waals surface area (Å²) in [6, 6.07) is 7.68. The summed E-state index contributed by atoms with van der Waals surface area (Å²) in [5, 5.41) is 9.09. The number of ether oxygens (including phenoxy) is 1. The third kappa shape index (κ3) is 3.05. The van der Waals surface area contributed by atoms with E-state index in [1.807, 2.05) is 32.0 Å². The number of benzene rings is 1. The average molecular weight is 309 g/mol. The van der Waals surface area contributed by atoms with Crippen LogP contribution in [0, 0.1) is 13.8 Å². The molecule has 0 unspecified atom stereocenters. The topological polar surface area (TPSA) is 55.2 Å². The summed E-state index contributed by atoms with van der Waals surface area (Å²) in [5.41, 5.74) is 2.30. The van der Waals surface area contributed by atoms with Gasteiger partial charge in [0.15, 0.2) is 0 Å². The highest BCUT2D eigenvalue weighted by molar-refractivity contribution is 9.10. The second-order valence-electron chi connectivity index (χ2n) is 3.95. The fourth-order valence-electron chi connectivity index (χ4n) is 1.56. The van der Waals surface area contributed by atoms with E-state index in [1.54, 1.807) is 6.07 Å². The molecule has 1 aromatic carbocycles. The van der Waals surface area contributed by atoms with E-state index in [0.29, 0.717) is 11.4 Å². The number of aliphatic hydroxyl groups excluding tert-OH is 1. The minimum Gasteiger partial charge on any atom is -0.424 e. The lowest BCUT2D eigenvalue weighted by atomic mass is 10.2. The molecule has 4 nitrogen and oxygen atoms in total. The molecule has 0 amide bonds. The maximum atomic E-state index is 9.09. The van der Waals surface area contributed by atoms with E-state index in [4.69, 9.17) is 9.84 Å². The number of nitrogens with zero attached hydrogens (tertiary/aromatic N) is 2. The lowest BCUT2D eigenvalue weighted by Gasteiger charge is -2.08. The molecule has 0 aliphatic carbocycles. The summed E-state index contributed by atoms with van der Waals surface area (Å²) in [5.74, 6) is 0.702. The van der Waals surface area contributed by atoms with Crippen molar-refractivity contribution in [3.63, 3.8) is 0 Å². The first-order chi connectivity index (χ1) is 8.58. The molecule has 1 heterocycles. The van der Waals surface area contributed by atoms with E-state index in [1.165, 1.54) is 0 Å². The maximum Gasteiger partial charge on any atom is 0.322 e. The van der Waals surface area contributed by atoms with E-state index in [9.17, 15) is 0 Å². The number of hydrogen-bond donors (Lipinski definition) is 1. The molecule has 2 rings (SSSR count). The van der Waals surface area contributed by atoms with Crippen molar-refractivity contribution >= 4 is 15.9 Å². The van der Waals surface area contributed by atoms with E-state index in [0.717, 1.165) is 15.7 Å². The van der Waals surface area contributed by atoms with Crippen LogP contribution in [-0.4, -0.2) is 15.1 Å². The molecule has 1 N–H and O–H groups in total. The van der Waals surface area contributed by atoms with Gasteiger partial charge in [0.05, 0.1) is 12.3 Å². The Morgan fingerprint density at radius 3 is 2.67 bits per heavy atom. The molecular weight excluding hydrogens is 296 g/mol. The molecule has 0 aliphatic heterocycles. The Morgan fingerprint density at radius 1 is 1.22 bits per heavy atom. The van der Waals surface area contributed by atoms with Crippen molar-refractivity contribution in [3.05, 3.63) is 45.7 Å². The van der Waals surface area contributed by atoms with Gasteiger partial charge in [-0.1, -0.05) is 15.9 Å². The minimum atomic E-state index is -0.126. The largest absolute Gasteiger partial charge is 0.424 e. The van der Waals surface area contributed by atoms with Crippen molar-refractivity contribution < 1.29 is 9.84 Å². The van der Waals surface area contributed by atoms with Crippen LogP contribution in [0.15, 0.2) is 28.7 Å². The van der Waals surface area contributed by atoms with Crippen LogP contribution >= 0.6 is 15.9 Å². The monoisotopic (exact) mass is 308 g/mol. The second-order valence-corrected chi connectivity index (χ2v) is 4.87. The third-order valence-corrected chi connectivity index (χ3v) is 2.88. The van der Waals surface area contributed by atoms with Gasteiger partial charge >= 0.3 is 6.01 Å². The van der Waals surface area contributed by atoms with Gasteiger partial charge in [-0.05, 0) is 43.7 Å². The molecule has 2 aromatic rings. The first-order valence-electron chi connectivity index (χ1n) is 5.48. The van der Waals surface area contributed by atoms with Crippen molar-refractivity contribution in [2.75, 3.05) is 0 Å². The highest BCUT2D eigenvalue weighted by Gasteiger charge is 2.06. The molecule has 0 radical (unpaired) electrons. The highest BCUT2D eigenvalue weighted by atomic mass is 79.9. The molecule has 0 spiro atoms. The summed E-state index contributed by atoms with van der Waals surface area (Å²) in [7, 11) is 0. The Balaban J connectivity index is 2.30. The van der Waals surface area contributed by atoms with Gasteiger partial charge in [0.1, 0.15) is 5.75 Å². The lowest BCUT2D eigenvalue weighted by Crippen LogP contribution is -1.99. The third-order valence-electron chi connectivity index (χ3n) is 2.39. The summed E-state index contributed by atoms with van der Waals surface area (Å²) >= 11 is 3.40. The van der Waals surface area contributed by atoms with Crippen LogP contribution in [0.2, 0.25) is 0 Å². The Morgan fingerprint density at radius 2 is 2.00 bits per heavy atom. The van der Waals surface area contributed by atoms with Gasteiger partial charge in [-0.15, -0.1) is 0 Å². The van der Waals surface area contributed by atoms with Crippen LogP contribution in [0.5, 0.6) is 11.8 Å². The van der Waals surface area contributed by atoms with Crippen LogP contribution in [0.3, 0.4) is 0 Å². The zero-order chi connectivity index (χ0) is 13.1. The van der Waals surface area contributed by atoms with E-state index in [2.05, 4.69) is 25.9 Å². The smallest absolute Gasteiger partial charge is 0.322 e. The SMILES string of the molecule is Cc1cc(CO)nc(Oc2ccc(Br)cc2C)n1. The number of aryl methyl sites for hydroxylation is 2. The molecule has 0 aliphatic rings. The predicted octanol–water partition coefficient (Wildman–Crippen LogP) is 3.14. The molecule has 0 bridgehead atoms. The zero-order valence-corrected chi connectivity index (χ0v) is 11.7. The first-order valence-corrected chi connectivity index (χ1v) is 6.27. The van der Waals surface area contributed by atoms with Crippen LogP contribution in [0.25, 0.3) is 0 Å². The van der Waals surface area contributed by atoms with Gasteiger partial charge in [-0.2, -0.15) is 4.98 Å². The van der Waals surface area contributed by atoms with Crippen LogP contribution in [-0.2, 0) is 6.61 Å². The van der Waals surface area contributed by atoms with Crippen molar-refractivity contribution in [1.29, 1.82) is 0 Å². The van der Waals surface area contributed by atoms with Crippen molar-refractivity contribution in [2.24, 2.45) is 0 Å². The summed E-state index contributed by atoms with van der Waals surface area (Å²) in [4.78, 5) is 8.30. The fourth-order valence-corrected chi connectivity index (χ4v) is 2.03. The second kappa shape index (κ2) is 5.46. The molecule has 0 fully saturated rings. The number of hydrogen-bond acceptors (Lipinski definition) is 4. The van der Waals surface area contributed by atoms with Gasteiger partial charge in [0.25, 0.3) is 0 Å². The lowest BCUT2D eigenvalue weighted by molar-refractivity contribution is 0.274. The zero-order valence-electron chi connectivity index (χ0n) is 10.1. The van der Waals surface area contributed by atoms with Crippen molar-refractivity contribution in [1.82, 2.24) is 9.97 Å². The normalized spacial score (nSPS) is 10.4. The van der Waals surface area contributed by atoms with Gasteiger partial charge in [0.2, 0.25) is 0 Å². The molecule has 94 valence electrons. The fraction of sp³-hybridized carbons (Fsp3) is 0.231. The molecule has 0 saturated carbocycles. The Bertz CT molecular complexity index is 573. The molecule has 0 saturated heterocycles. The summed E-state index contributed by atoms with van der Waals surface area (Å²) in [6.07, 6.45) is 0. The van der Waals surface area contributed by atoms with E-state index < -0.39 is 0 Å². The van der Waals surface area contributed by atoms with Gasteiger partial charge in [-0.3, -0.25) is 0 Å². The Kier molecular flexibility index (Phi) is 3.93. The molecule has 1 aromatic heterocycles. The van der Waals surface area contributed by atoms with Gasteiger partial charge < -0.3 is 9.84 Å². The first kappa shape index (κ1) is 13.0. The molecule has 5 heteroatoms. The van der Waals surface area contributed by atoms with Crippen LogP contribution < -0.4 is 4.74 Å². The minimum absolute atomic E-state index is 0.126. The molecule has 18 heavy (non-hydrogen) atoms. The van der Waals surface area contributed by atoms with Gasteiger partial charge in [-0.25, -0.2) is 4.98 Å². The average Bonchev–Trinajstić information content (AvgIpc) is 2.32. The summed E-state index contributed by atoms with van der Waals surface area (Å²) < 4.78 is 6.63. The van der Waals surface area contributed by atoms with E-state index in [-0.39, 0.29) is 12.6 Å². The van der Waals surface area contributed by atoms with Crippen molar-refractivity contribution in [3.8, 4) is 11.8 Å². The number of aliphatic hydroxyl groups is 1. The van der Waals surface area contributed by atoms with Crippen LogP contribution in [0.1, 0.15) is 17.0 Å². The van der Waals surface area contributed by atoms with Crippen molar-refractivity contribution in [2.45, 2.75) is 20.5 Å². The molecule has 0 atom stereocenters. The highest BCUT2D eigenvalue weighted by Crippen LogP contribution is 2.25. The quantitative estimate of drug-likeness (QED) is 0.946. The van der Waals surface area contributed by atoms with Gasteiger partial charge in [0, 0.05) is 10.2 Å². The van der Waals surface area contributed by atoms with E-state index >= 15 is 0 Å². The standard InChI is InChI=1S/C13H13BrN2O2/c1-8-5-10(14)3-4-12(8)18-13-15-9(2)6-11(7-17)16-13/h3-6,17H,7H2,1-2H3. The summed E-state index contributed by atoms with van der Waals surface area (Å²) in [6.45, 7) is 3.66. The molecular formula is C13H13BrN2O2. The Hall–Kier alpha value is -1.46. The predicted molar refractivity (Wildman–Crippen MR) is 71.6 cm³/mol. The van der Waals surface area contributed by atoms with Crippen LogP contribution in [0.4, 0.5) is 0 Å². The maximum absolute atomic E-state index is 9.09.